The molecule has 0 saturated carbocycles. The maximum absolute atomic E-state index is 12.8. The maximum Gasteiger partial charge on any atom is 0.253 e. The Bertz CT molecular complexity index is 1080. The molecule has 0 atom stereocenters. The lowest BCUT2D eigenvalue weighted by Crippen LogP contribution is -2.25. The number of rotatable bonds is 8. The molecule has 0 bridgehead atoms. The Morgan fingerprint density at radius 3 is 2.68 bits per heavy atom. The first-order valence-electron chi connectivity index (χ1n) is 10.2. The number of nitrogens with zero attached hydrogens (tertiary/aromatic N) is 5. The molecule has 1 aromatic heterocycles. The van der Waals surface area contributed by atoms with Gasteiger partial charge in [-0.3, -0.25) is 9.36 Å². The first kappa shape index (κ1) is 21.3. The van der Waals surface area contributed by atoms with Crippen molar-refractivity contribution in [3.05, 3.63) is 65.7 Å². The predicted molar refractivity (Wildman–Crippen MR) is 122 cm³/mol. The van der Waals surface area contributed by atoms with E-state index in [0.717, 1.165) is 34.6 Å². The van der Waals surface area contributed by atoms with Gasteiger partial charge >= 0.3 is 0 Å². The minimum Gasteiger partial charge on any atom is -0.383 e. The van der Waals surface area contributed by atoms with Crippen molar-refractivity contribution in [2.45, 2.75) is 25.0 Å². The van der Waals surface area contributed by atoms with E-state index in [2.05, 4.69) is 21.4 Å². The molecule has 0 radical (unpaired) electrons. The van der Waals surface area contributed by atoms with Crippen molar-refractivity contribution < 1.29 is 9.53 Å². The predicted octanol–water partition coefficient (Wildman–Crippen LogP) is 3.63. The highest BCUT2D eigenvalue weighted by Crippen LogP contribution is 2.25. The van der Waals surface area contributed by atoms with Gasteiger partial charge in [0.15, 0.2) is 11.0 Å². The average Bonchev–Trinajstić information content (AvgIpc) is 3.44. The van der Waals surface area contributed by atoms with Crippen LogP contribution in [0.25, 0.3) is 11.4 Å². The summed E-state index contributed by atoms with van der Waals surface area (Å²) in [5.74, 6) is 1.00. The second-order valence-corrected chi connectivity index (χ2v) is 8.23. The molecule has 1 amide bonds. The summed E-state index contributed by atoms with van der Waals surface area (Å²) in [4.78, 5) is 12.8. The summed E-state index contributed by atoms with van der Waals surface area (Å²) < 4.78 is 7.28. The van der Waals surface area contributed by atoms with Crippen LogP contribution in [0.2, 0.25) is 0 Å². The topological polar surface area (TPSA) is 72.6 Å². The molecule has 2 heterocycles. The van der Waals surface area contributed by atoms with Gasteiger partial charge in [-0.05, 0) is 18.6 Å². The minimum atomic E-state index is -0.0330. The quantitative estimate of drug-likeness (QED) is 0.505. The molecule has 160 valence electrons. The van der Waals surface area contributed by atoms with Crippen molar-refractivity contribution in [1.29, 1.82) is 0 Å². The molecule has 0 N–H and O–H groups in total. The van der Waals surface area contributed by atoms with E-state index in [9.17, 15) is 4.79 Å². The van der Waals surface area contributed by atoms with E-state index in [0.29, 0.717) is 24.9 Å². The van der Waals surface area contributed by atoms with E-state index in [1.807, 2.05) is 60.0 Å². The summed E-state index contributed by atoms with van der Waals surface area (Å²) >= 11 is 1.38. The van der Waals surface area contributed by atoms with Crippen LogP contribution in [0, 0.1) is 6.92 Å². The number of methoxy groups -OCH3 is 1. The molecule has 0 spiro atoms. The fourth-order valence-corrected chi connectivity index (χ4v) is 4.28. The lowest BCUT2D eigenvalue weighted by molar-refractivity contribution is -0.127. The number of hydrogen-bond donors (Lipinski definition) is 0. The Hall–Kier alpha value is -2.97. The molecular weight excluding hydrogens is 410 g/mol. The van der Waals surface area contributed by atoms with Gasteiger partial charge in [0, 0.05) is 19.1 Å². The fourth-order valence-electron chi connectivity index (χ4n) is 3.45. The van der Waals surface area contributed by atoms with Crippen LogP contribution in [-0.2, 0) is 16.1 Å². The van der Waals surface area contributed by atoms with Gasteiger partial charge in [0.25, 0.3) is 5.91 Å². The van der Waals surface area contributed by atoms with Crippen molar-refractivity contribution >= 4 is 23.4 Å². The van der Waals surface area contributed by atoms with Gasteiger partial charge in [0.05, 0.1) is 31.2 Å². The standard InChI is InChI=1S/C23H25N5O2S/c1-17-7-6-10-19(15-17)22-24-25-23(27(22)13-14-30-2)31-16-21(29)28-12-11-20(26-28)18-8-4-3-5-9-18/h3-10,15H,11-14,16H2,1-2H3. The molecule has 2 aromatic carbocycles. The van der Waals surface area contributed by atoms with Crippen molar-refractivity contribution in [1.82, 2.24) is 19.8 Å². The van der Waals surface area contributed by atoms with Gasteiger partial charge in [-0.1, -0.05) is 65.9 Å². The average molecular weight is 436 g/mol. The van der Waals surface area contributed by atoms with Gasteiger partial charge in [-0.25, -0.2) is 5.01 Å². The van der Waals surface area contributed by atoms with E-state index < -0.39 is 0 Å². The van der Waals surface area contributed by atoms with Crippen LogP contribution in [0.3, 0.4) is 0 Å². The summed E-state index contributed by atoms with van der Waals surface area (Å²) in [5, 5.41) is 15.5. The number of aromatic nitrogens is 3. The number of hydrogen-bond acceptors (Lipinski definition) is 6. The van der Waals surface area contributed by atoms with E-state index in [4.69, 9.17) is 4.74 Å². The summed E-state index contributed by atoms with van der Waals surface area (Å²) in [7, 11) is 1.67. The number of aryl methyl sites for hydroxylation is 1. The largest absolute Gasteiger partial charge is 0.383 e. The zero-order chi connectivity index (χ0) is 21.6. The Labute approximate surface area is 186 Å². The van der Waals surface area contributed by atoms with E-state index in [1.165, 1.54) is 11.8 Å². The number of thioether (sulfide) groups is 1. The highest BCUT2D eigenvalue weighted by molar-refractivity contribution is 7.99. The number of carbonyl (C=O) groups is 1. The first-order chi connectivity index (χ1) is 15.2. The zero-order valence-corrected chi connectivity index (χ0v) is 18.5. The third-order valence-electron chi connectivity index (χ3n) is 5.03. The first-order valence-corrected chi connectivity index (χ1v) is 11.2. The van der Waals surface area contributed by atoms with Crippen LogP contribution in [0.15, 0.2) is 64.9 Å². The summed E-state index contributed by atoms with van der Waals surface area (Å²) in [6.07, 6.45) is 0.766. The van der Waals surface area contributed by atoms with Crippen molar-refractivity contribution in [2.24, 2.45) is 5.10 Å². The Morgan fingerprint density at radius 2 is 1.90 bits per heavy atom. The van der Waals surface area contributed by atoms with Crippen LogP contribution >= 0.6 is 11.8 Å². The third kappa shape index (κ3) is 5.03. The van der Waals surface area contributed by atoms with Crippen LogP contribution in [-0.4, -0.2) is 57.4 Å². The number of ether oxygens (including phenoxy) is 1. The van der Waals surface area contributed by atoms with Crippen molar-refractivity contribution in [3.8, 4) is 11.4 Å². The highest BCUT2D eigenvalue weighted by atomic mass is 32.2. The lowest BCUT2D eigenvalue weighted by atomic mass is 10.1. The van der Waals surface area contributed by atoms with Crippen LogP contribution in [0.1, 0.15) is 17.5 Å². The second kappa shape index (κ2) is 9.89. The summed E-state index contributed by atoms with van der Waals surface area (Å²) in [6.45, 7) is 3.81. The molecule has 4 rings (SSSR count). The van der Waals surface area contributed by atoms with E-state index in [-0.39, 0.29) is 11.7 Å². The maximum atomic E-state index is 12.8. The van der Waals surface area contributed by atoms with Crippen molar-refractivity contribution in [2.75, 3.05) is 26.0 Å². The smallest absolute Gasteiger partial charge is 0.253 e. The zero-order valence-electron chi connectivity index (χ0n) is 17.7. The van der Waals surface area contributed by atoms with Gasteiger partial charge in [-0.15, -0.1) is 10.2 Å². The molecule has 3 aromatic rings. The lowest BCUT2D eigenvalue weighted by Gasteiger charge is -2.12. The molecule has 0 aliphatic carbocycles. The number of benzene rings is 2. The number of amides is 1. The Morgan fingerprint density at radius 1 is 1.10 bits per heavy atom. The molecule has 1 aliphatic rings. The van der Waals surface area contributed by atoms with Gasteiger partial charge < -0.3 is 4.74 Å². The number of hydrazone groups is 1. The molecule has 31 heavy (non-hydrogen) atoms. The molecule has 0 fully saturated rings. The number of carbonyl (C=O) groups excluding carboxylic acids is 1. The Kier molecular flexibility index (Phi) is 6.79. The second-order valence-electron chi connectivity index (χ2n) is 7.29. The van der Waals surface area contributed by atoms with Gasteiger partial charge in [-0.2, -0.15) is 5.10 Å². The molecule has 0 unspecified atom stereocenters. The molecule has 0 saturated heterocycles. The third-order valence-corrected chi connectivity index (χ3v) is 5.99. The SMILES string of the molecule is COCCn1c(SCC(=O)N2CCC(c3ccccc3)=N2)nnc1-c1cccc(C)c1. The monoisotopic (exact) mass is 435 g/mol. The summed E-state index contributed by atoms with van der Waals surface area (Å²) in [5.41, 5.74) is 4.17. The minimum absolute atomic E-state index is 0.0330. The summed E-state index contributed by atoms with van der Waals surface area (Å²) in [6, 6.07) is 18.1. The fraction of sp³-hybridized carbons (Fsp3) is 0.304. The highest BCUT2D eigenvalue weighted by Gasteiger charge is 2.23. The van der Waals surface area contributed by atoms with E-state index >= 15 is 0 Å². The Balaban J connectivity index is 1.47. The van der Waals surface area contributed by atoms with Crippen LogP contribution in [0.4, 0.5) is 0 Å². The van der Waals surface area contributed by atoms with Crippen molar-refractivity contribution in [3.63, 3.8) is 0 Å². The molecular formula is C23H25N5O2S. The van der Waals surface area contributed by atoms with Gasteiger partial charge in [0.2, 0.25) is 0 Å². The molecule has 7 nitrogen and oxygen atoms in total. The van der Waals surface area contributed by atoms with Gasteiger partial charge in [0.1, 0.15) is 0 Å². The normalized spacial score (nSPS) is 13.5. The van der Waals surface area contributed by atoms with E-state index in [1.54, 1.807) is 12.1 Å². The molecule has 1 aliphatic heterocycles. The van der Waals surface area contributed by atoms with Crippen LogP contribution < -0.4 is 0 Å². The molecule has 8 heteroatoms. The van der Waals surface area contributed by atoms with Crippen LogP contribution in [0.5, 0.6) is 0 Å².